The van der Waals surface area contributed by atoms with Gasteiger partial charge in [0.15, 0.2) is 0 Å². The highest BCUT2D eigenvalue weighted by molar-refractivity contribution is 5.15. The van der Waals surface area contributed by atoms with Gasteiger partial charge in [-0.3, -0.25) is 0 Å². The molecule has 8 heavy (non-hydrogen) atoms. The highest BCUT2D eigenvalue weighted by Gasteiger charge is 2.15. The van der Waals surface area contributed by atoms with E-state index in [0.717, 1.165) is 6.54 Å². The molecule has 0 aromatic heterocycles. The topological polar surface area (TPSA) is 21.9 Å². The highest BCUT2D eigenvalue weighted by atomic mass is 15.1. The van der Waals surface area contributed by atoms with Crippen molar-refractivity contribution in [2.75, 3.05) is 6.54 Å². The molecule has 1 nitrogen and oxygen atoms in total. The predicted octanol–water partition coefficient (Wildman–Crippen LogP) is 0.618. The van der Waals surface area contributed by atoms with Crippen LogP contribution in [0.1, 0.15) is 13.8 Å². The molecule has 0 amide bonds. The summed E-state index contributed by atoms with van der Waals surface area (Å²) < 4.78 is 0. The minimum atomic E-state index is 0.525. The Hall–Kier alpha value is -0.480. The number of hydrogen-bond donors (Lipinski definition) is 1. The van der Waals surface area contributed by atoms with Gasteiger partial charge in [-0.05, 0) is 0 Å². The minimum absolute atomic E-state index is 0.525. The van der Waals surface area contributed by atoms with Crippen LogP contribution in [0.5, 0.6) is 0 Å². The van der Waals surface area contributed by atoms with Crippen LogP contribution in [0.15, 0.2) is 0 Å². The van der Waals surface area contributed by atoms with Crippen LogP contribution in [-0.2, 0) is 0 Å². The Morgan fingerprint density at radius 3 is 2.62 bits per heavy atom. The molecule has 1 heteroatoms. The van der Waals surface area contributed by atoms with Crippen LogP contribution in [0.4, 0.5) is 0 Å². The molecule has 1 aliphatic rings. The minimum Gasteiger partial charge on any atom is -0.300 e. The molecule has 0 aromatic rings. The summed E-state index contributed by atoms with van der Waals surface area (Å²) in [4.78, 5) is 0. The van der Waals surface area contributed by atoms with Crippen LogP contribution >= 0.6 is 0 Å². The molecule has 0 spiro atoms. The van der Waals surface area contributed by atoms with E-state index >= 15 is 0 Å². The van der Waals surface area contributed by atoms with Crippen LogP contribution in [0.25, 0.3) is 0 Å². The van der Waals surface area contributed by atoms with Crippen LogP contribution in [0.2, 0.25) is 0 Å². The van der Waals surface area contributed by atoms with Gasteiger partial charge in [-0.25, -0.2) is 0 Å². The fourth-order valence-corrected chi connectivity index (χ4v) is 0.428. The summed E-state index contributed by atoms with van der Waals surface area (Å²) in [6, 6.07) is 0.525. The summed E-state index contributed by atoms with van der Waals surface area (Å²) >= 11 is 0. The maximum Gasteiger partial charge on any atom is 0.0817 e. The smallest absolute Gasteiger partial charge is 0.0817 e. The van der Waals surface area contributed by atoms with Gasteiger partial charge in [0.2, 0.25) is 0 Å². The lowest BCUT2D eigenvalue weighted by Gasteiger charge is -1.84. The summed E-state index contributed by atoms with van der Waals surface area (Å²) in [6.45, 7) is 5.31. The third-order valence-electron chi connectivity index (χ3n) is 0.954. The molecule has 0 aromatic carbocycles. The summed E-state index contributed by atoms with van der Waals surface area (Å²) in [5.74, 6) is 6.72. The van der Waals surface area contributed by atoms with Crippen molar-refractivity contribution >= 4 is 0 Å². The van der Waals surface area contributed by atoms with Crippen molar-refractivity contribution in [3.8, 4) is 11.8 Å². The molecule has 0 aliphatic carbocycles. The van der Waals surface area contributed by atoms with E-state index in [2.05, 4.69) is 31.0 Å². The van der Waals surface area contributed by atoms with E-state index in [0.29, 0.717) is 12.0 Å². The zero-order chi connectivity index (χ0) is 5.98. The van der Waals surface area contributed by atoms with E-state index in [1.165, 1.54) is 0 Å². The van der Waals surface area contributed by atoms with Crippen molar-refractivity contribution in [2.24, 2.45) is 5.92 Å². The molecule has 1 saturated heterocycles. The van der Waals surface area contributed by atoms with E-state index in [9.17, 15) is 0 Å². The van der Waals surface area contributed by atoms with Crippen LogP contribution in [0, 0.1) is 17.8 Å². The number of hydrogen-bond acceptors (Lipinski definition) is 1. The first-order chi connectivity index (χ1) is 3.79. The maximum atomic E-state index is 3.12. The van der Waals surface area contributed by atoms with Gasteiger partial charge in [0, 0.05) is 12.5 Å². The fraction of sp³-hybridized carbons (Fsp3) is 0.714. The summed E-state index contributed by atoms with van der Waals surface area (Å²) in [5, 5.41) is 3.12. The first kappa shape index (κ1) is 5.65. The standard InChI is InChI=1S/C7H11N/c1-6(2)3-4-7-5-8-7/h6-8H,5H2,1-2H3. The normalized spacial score (nSPS) is 24.6. The van der Waals surface area contributed by atoms with Gasteiger partial charge in [-0.2, -0.15) is 0 Å². The van der Waals surface area contributed by atoms with E-state index in [1.807, 2.05) is 0 Å². The van der Waals surface area contributed by atoms with Gasteiger partial charge < -0.3 is 5.32 Å². The van der Waals surface area contributed by atoms with Gasteiger partial charge in [0.05, 0.1) is 6.04 Å². The van der Waals surface area contributed by atoms with Gasteiger partial charge in [0.25, 0.3) is 0 Å². The van der Waals surface area contributed by atoms with Crippen molar-refractivity contribution in [3.63, 3.8) is 0 Å². The maximum absolute atomic E-state index is 3.12. The van der Waals surface area contributed by atoms with Crippen molar-refractivity contribution < 1.29 is 0 Å². The third-order valence-corrected chi connectivity index (χ3v) is 0.954. The Bertz CT molecular complexity index is 117. The first-order valence-corrected chi connectivity index (χ1v) is 3.03. The molecule has 1 rings (SSSR count). The quantitative estimate of drug-likeness (QED) is 0.357. The summed E-state index contributed by atoms with van der Waals surface area (Å²) in [6.07, 6.45) is 0. The van der Waals surface area contributed by atoms with Gasteiger partial charge >= 0.3 is 0 Å². The Labute approximate surface area is 50.5 Å². The average Bonchev–Trinajstić information content (AvgIpc) is 2.41. The van der Waals surface area contributed by atoms with Gasteiger partial charge in [-0.1, -0.05) is 25.7 Å². The molecule has 1 heterocycles. The van der Waals surface area contributed by atoms with Gasteiger partial charge in [0.1, 0.15) is 0 Å². The van der Waals surface area contributed by atoms with Crippen LogP contribution in [-0.4, -0.2) is 12.6 Å². The summed E-state index contributed by atoms with van der Waals surface area (Å²) in [7, 11) is 0. The molecule has 0 radical (unpaired) electrons. The number of nitrogens with one attached hydrogen (secondary N) is 1. The molecule has 0 bridgehead atoms. The zero-order valence-electron chi connectivity index (χ0n) is 5.36. The second kappa shape index (κ2) is 2.19. The molecule has 0 saturated carbocycles. The monoisotopic (exact) mass is 109 g/mol. The zero-order valence-corrected chi connectivity index (χ0v) is 5.36. The predicted molar refractivity (Wildman–Crippen MR) is 34.4 cm³/mol. The van der Waals surface area contributed by atoms with Crippen molar-refractivity contribution in [1.82, 2.24) is 5.32 Å². The molecule has 1 unspecified atom stereocenters. The molecule has 1 aliphatic heterocycles. The molecular formula is C7H11N. The first-order valence-electron chi connectivity index (χ1n) is 3.03. The Kier molecular flexibility index (Phi) is 1.55. The van der Waals surface area contributed by atoms with E-state index < -0.39 is 0 Å². The second-order valence-corrected chi connectivity index (χ2v) is 2.40. The highest BCUT2D eigenvalue weighted by Crippen LogP contribution is 1.94. The van der Waals surface area contributed by atoms with E-state index in [1.54, 1.807) is 0 Å². The Morgan fingerprint density at radius 2 is 2.25 bits per heavy atom. The largest absolute Gasteiger partial charge is 0.300 e. The molecule has 1 fully saturated rings. The van der Waals surface area contributed by atoms with Crippen molar-refractivity contribution in [3.05, 3.63) is 0 Å². The Balaban J connectivity index is 2.23. The molecule has 1 N–H and O–H groups in total. The molecule has 1 atom stereocenters. The fourth-order valence-electron chi connectivity index (χ4n) is 0.428. The average molecular weight is 109 g/mol. The number of rotatable bonds is 0. The van der Waals surface area contributed by atoms with Gasteiger partial charge in [-0.15, -0.1) is 0 Å². The molecule has 44 valence electrons. The molecular weight excluding hydrogens is 98.1 g/mol. The van der Waals surface area contributed by atoms with Crippen LogP contribution < -0.4 is 5.32 Å². The summed E-state index contributed by atoms with van der Waals surface area (Å²) in [5.41, 5.74) is 0. The lowest BCUT2D eigenvalue weighted by atomic mass is 10.2. The second-order valence-electron chi connectivity index (χ2n) is 2.40. The van der Waals surface area contributed by atoms with Crippen molar-refractivity contribution in [2.45, 2.75) is 19.9 Å². The van der Waals surface area contributed by atoms with E-state index in [4.69, 9.17) is 0 Å². The lowest BCUT2D eigenvalue weighted by Crippen LogP contribution is -1.85. The van der Waals surface area contributed by atoms with E-state index in [-0.39, 0.29) is 0 Å². The van der Waals surface area contributed by atoms with Crippen LogP contribution in [0.3, 0.4) is 0 Å². The van der Waals surface area contributed by atoms with Crippen molar-refractivity contribution in [1.29, 1.82) is 0 Å². The lowest BCUT2D eigenvalue weighted by molar-refractivity contribution is 0.865. The SMILES string of the molecule is CC(C)C#CC1CN1. The Morgan fingerprint density at radius 1 is 1.62 bits per heavy atom. The third kappa shape index (κ3) is 1.99.